The normalized spacial score (nSPS) is 20.8. The summed E-state index contributed by atoms with van der Waals surface area (Å²) >= 11 is 3.57. The molecule has 1 aliphatic heterocycles. The quantitative estimate of drug-likeness (QED) is 0.896. The zero-order chi connectivity index (χ0) is 11.5. The highest BCUT2D eigenvalue weighted by Crippen LogP contribution is 2.33. The van der Waals surface area contributed by atoms with Crippen LogP contribution in [0.4, 0.5) is 0 Å². The van der Waals surface area contributed by atoms with E-state index in [0.717, 1.165) is 16.8 Å². The Morgan fingerprint density at radius 2 is 2.19 bits per heavy atom. The average molecular weight is 284 g/mol. The molecule has 0 saturated carbocycles. The highest BCUT2D eigenvalue weighted by atomic mass is 79.9. The molecule has 2 nitrogen and oxygen atoms in total. The molecular weight excluding hydrogens is 266 g/mol. The van der Waals surface area contributed by atoms with Crippen LogP contribution in [-0.2, 0) is 0 Å². The molecule has 88 valence electrons. The minimum Gasteiger partial charge on any atom is -0.495 e. The molecule has 1 aromatic carbocycles. The number of hydrogen-bond acceptors (Lipinski definition) is 2. The fraction of sp³-hybridized carbons (Fsp3) is 0.538. The summed E-state index contributed by atoms with van der Waals surface area (Å²) < 4.78 is 6.40. The van der Waals surface area contributed by atoms with Gasteiger partial charge < -0.3 is 10.1 Å². The molecule has 0 bridgehead atoms. The lowest BCUT2D eigenvalue weighted by atomic mass is 9.96. The molecule has 0 spiro atoms. The van der Waals surface area contributed by atoms with Gasteiger partial charge in [0.2, 0.25) is 0 Å². The predicted octanol–water partition coefficient (Wildman–Crippen LogP) is 3.58. The van der Waals surface area contributed by atoms with Crippen LogP contribution in [0, 0.1) is 6.92 Å². The lowest BCUT2D eigenvalue weighted by Crippen LogP contribution is -2.26. The SMILES string of the molecule is COc1c(C)cc(C2CCCCN2)cc1Br. The van der Waals surface area contributed by atoms with Gasteiger partial charge in [0.1, 0.15) is 5.75 Å². The lowest BCUT2D eigenvalue weighted by Gasteiger charge is -2.25. The van der Waals surface area contributed by atoms with Crippen LogP contribution < -0.4 is 10.1 Å². The number of methoxy groups -OCH3 is 1. The maximum atomic E-state index is 5.35. The van der Waals surface area contributed by atoms with E-state index in [-0.39, 0.29) is 0 Å². The van der Waals surface area contributed by atoms with Gasteiger partial charge in [-0.25, -0.2) is 0 Å². The van der Waals surface area contributed by atoms with E-state index in [2.05, 4.69) is 40.3 Å². The minimum absolute atomic E-state index is 0.509. The maximum absolute atomic E-state index is 5.35. The van der Waals surface area contributed by atoms with Crippen molar-refractivity contribution in [3.63, 3.8) is 0 Å². The summed E-state index contributed by atoms with van der Waals surface area (Å²) in [5.74, 6) is 0.944. The molecule has 0 aromatic heterocycles. The molecule has 1 unspecified atom stereocenters. The molecule has 1 N–H and O–H groups in total. The topological polar surface area (TPSA) is 21.3 Å². The van der Waals surface area contributed by atoms with Crippen molar-refractivity contribution in [1.82, 2.24) is 5.32 Å². The molecule has 0 amide bonds. The summed E-state index contributed by atoms with van der Waals surface area (Å²) in [6.45, 7) is 3.23. The van der Waals surface area contributed by atoms with Gasteiger partial charge in [0.05, 0.1) is 11.6 Å². The van der Waals surface area contributed by atoms with Crippen molar-refractivity contribution < 1.29 is 4.74 Å². The molecule has 1 aliphatic rings. The predicted molar refractivity (Wildman–Crippen MR) is 70.0 cm³/mol. The van der Waals surface area contributed by atoms with Gasteiger partial charge in [-0.1, -0.05) is 12.5 Å². The second-order valence-corrected chi connectivity index (χ2v) is 5.21. The Kier molecular flexibility index (Phi) is 3.87. The van der Waals surface area contributed by atoms with Gasteiger partial charge in [-0.05, 0) is 59.4 Å². The van der Waals surface area contributed by atoms with Crippen molar-refractivity contribution in [2.75, 3.05) is 13.7 Å². The molecule has 0 radical (unpaired) electrons. The highest BCUT2D eigenvalue weighted by Gasteiger charge is 2.17. The number of aryl methyl sites for hydroxylation is 1. The van der Waals surface area contributed by atoms with E-state index in [0.29, 0.717) is 6.04 Å². The molecule has 1 saturated heterocycles. The van der Waals surface area contributed by atoms with Gasteiger partial charge in [-0.2, -0.15) is 0 Å². The summed E-state index contributed by atoms with van der Waals surface area (Å²) in [6, 6.07) is 4.91. The lowest BCUT2D eigenvalue weighted by molar-refractivity contribution is 0.402. The average Bonchev–Trinajstić information content (AvgIpc) is 2.30. The molecule has 2 rings (SSSR count). The summed E-state index contributed by atoms with van der Waals surface area (Å²) in [6.07, 6.45) is 3.85. The largest absolute Gasteiger partial charge is 0.495 e. The number of hydrogen-bond donors (Lipinski definition) is 1. The van der Waals surface area contributed by atoms with E-state index in [1.165, 1.54) is 30.4 Å². The zero-order valence-electron chi connectivity index (χ0n) is 9.85. The Hall–Kier alpha value is -0.540. The minimum atomic E-state index is 0.509. The molecule has 16 heavy (non-hydrogen) atoms. The van der Waals surface area contributed by atoms with Crippen molar-refractivity contribution in [3.8, 4) is 5.75 Å². The number of piperidine rings is 1. The first-order chi connectivity index (χ1) is 7.72. The molecule has 1 aromatic rings. The highest BCUT2D eigenvalue weighted by molar-refractivity contribution is 9.10. The van der Waals surface area contributed by atoms with Crippen molar-refractivity contribution >= 4 is 15.9 Å². The standard InChI is InChI=1S/C13H18BrNO/c1-9-7-10(8-11(14)13(9)16-2)12-5-3-4-6-15-12/h7-8,12,15H,3-6H2,1-2H3. The molecule has 1 atom stereocenters. The summed E-state index contributed by atoms with van der Waals surface area (Å²) in [7, 11) is 1.71. The third kappa shape index (κ3) is 2.41. The van der Waals surface area contributed by atoms with Crippen molar-refractivity contribution in [1.29, 1.82) is 0 Å². The van der Waals surface area contributed by atoms with E-state index >= 15 is 0 Å². The number of rotatable bonds is 2. The third-order valence-electron chi connectivity index (χ3n) is 3.17. The smallest absolute Gasteiger partial charge is 0.135 e. The third-order valence-corrected chi connectivity index (χ3v) is 3.76. The van der Waals surface area contributed by atoms with E-state index in [1.54, 1.807) is 7.11 Å². The van der Waals surface area contributed by atoms with Gasteiger partial charge in [-0.15, -0.1) is 0 Å². The van der Waals surface area contributed by atoms with Crippen LogP contribution in [0.2, 0.25) is 0 Å². The first-order valence-corrected chi connectivity index (χ1v) is 6.59. The monoisotopic (exact) mass is 283 g/mol. The van der Waals surface area contributed by atoms with Crippen molar-refractivity contribution in [2.24, 2.45) is 0 Å². The van der Waals surface area contributed by atoms with E-state index in [4.69, 9.17) is 4.74 Å². The first kappa shape index (κ1) is 11.9. The van der Waals surface area contributed by atoms with Crippen LogP contribution in [0.1, 0.15) is 36.4 Å². The fourth-order valence-corrected chi connectivity index (χ4v) is 3.09. The maximum Gasteiger partial charge on any atom is 0.135 e. The van der Waals surface area contributed by atoms with Crippen molar-refractivity contribution in [3.05, 3.63) is 27.7 Å². The van der Waals surface area contributed by atoms with Crippen LogP contribution in [0.3, 0.4) is 0 Å². The Bertz CT molecular complexity index is 349. The van der Waals surface area contributed by atoms with Crippen LogP contribution in [0.5, 0.6) is 5.75 Å². The number of ether oxygens (including phenoxy) is 1. The van der Waals surface area contributed by atoms with E-state index in [1.807, 2.05) is 0 Å². The number of halogens is 1. The van der Waals surface area contributed by atoms with Crippen LogP contribution in [0.25, 0.3) is 0 Å². The van der Waals surface area contributed by atoms with Gasteiger partial charge in [0, 0.05) is 6.04 Å². The second kappa shape index (κ2) is 5.19. The fourth-order valence-electron chi connectivity index (χ4n) is 2.35. The van der Waals surface area contributed by atoms with Gasteiger partial charge in [-0.3, -0.25) is 0 Å². The number of benzene rings is 1. The second-order valence-electron chi connectivity index (χ2n) is 4.36. The zero-order valence-corrected chi connectivity index (χ0v) is 11.4. The van der Waals surface area contributed by atoms with Crippen LogP contribution in [0.15, 0.2) is 16.6 Å². The van der Waals surface area contributed by atoms with Crippen LogP contribution in [-0.4, -0.2) is 13.7 Å². The Balaban J connectivity index is 2.28. The first-order valence-electron chi connectivity index (χ1n) is 5.80. The molecule has 1 heterocycles. The van der Waals surface area contributed by atoms with Crippen molar-refractivity contribution in [2.45, 2.75) is 32.2 Å². The molecule has 3 heteroatoms. The van der Waals surface area contributed by atoms with E-state index in [9.17, 15) is 0 Å². The van der Waals surface area contributed by atoms with Gasteiger partial charge >= 0.3 is 0 Å². The van der Waals surface area contributed by atoms with Crippen LogP contribution >= 0.6 is 15.9 Å². The molecule has 1 fully saturated rings. The summed E-state index contributed by atoms with van der Waals surface area (Å²) in [4.78, 5) is 0. The summed E-state index contributed by atoms with van der Waals surface area (Å²) in [5, 5.41) is 3.57. The Morgan fingerprint density at radius 1 is 1.38 bits per heavy atom. The number of nitrogens with one attached hydrogen (secondary N) is 1. The Labute approximate surface area is 106 Å². The Morgan fingerprint density at radius 3 is 2.75 bits per heavy atom. The summed E-state index contributed by atoms with van der Waals surface area (Å²) in [5.41, 5.74) is 2.56. The van der Waals surface area contributed by atoms with Gasteiger partial charge in [0.25, 0.3) is 0 Å². The molecular formula is C13H18BrNO. The molecule has 0 aliphatic carbocycles. The van der Waals surface area contributed by atoms with Gasteiger partial charge in [0.15, 0.2) is 0 Å². The van der Waals surface area contributed by atoms with E-state index < -0.39 is 0 Å².